The van der Waals surface area contributed by atoms with E-state index in [0.717, 1.165) is 31.8 Å². The van der Waals surface area contributed by atoms with Crippen molar-refractivity contribution in [2.24, 2.45) is 0 Å². The van der Waals surface area contributed by atoms with Gasteiger partial charge < -0.3 is 14.6 Å². The predicted octanol–water partition coefficient (Wildman–Crippen LogP) is 2.05. The van der Waals surface area contributed by atoms with Gasteiger partial charge in [-0.3, -0.25) is 0 Å². The highest BCUT2D eigenvalue weighted by Gasteiger charge is 2.20. The first-order valence-corrected chi connectivity index (χ1v) is 7.64. The van der Waals surface area contributed by atoms with Crippen LogP contribution in [-0.2, 0) is 11.3 Å². The second kappa shape index (κ2) is 6.48. The van der Waals surface area contributed by atoms with E-state index in [1.54, 1.807) is 0 Å². The lowest BCUT2D eigenvalue weighted by atomic mass is 9.95. The van der Waals surface area contributed by atoms with Crippen molar-refractivity contribution in [1.29, 1.82) is 0 Å². The van der Waals surface area contributed by atoms with Crippen molar-refractivity contribution in [3.63, 3.8) is 0 Å². The van der Waals surface area contributed by atoms with Crippen molar-refractivity contribution in [3.8, 4) is 0 Å². The zero-order valence-corrected chi connectivity index (χ0v) is 11.6. The number of nitrogens with zero attached hydrogens (tertiary/aromatic N) is 3. The van der Waals surface area contributed by atoms with Gasteiger partial charge in [-0.2, -0.15) is 0 Å². The van der Waals surface area contributed by atoms with Gasteiger partial charge in [0.25, 0.3) is 0 Å². The molecular formula is C14H24N4O. The maximum absolute atomic E-state index is 6.00. The standard InChI is InChI=1S/C14H24N4O/c1-2-4-12(5-3-1)18-11-16-17-14(18)10-19-13-6-8-15-9-7-13/h11-13,15H,1-10H2. The first kappa shape index (κ1) is 13.1. The molecule has 2 heterocycles. The molecule has 0 bridgehead atoms. The molecule has 1 aromatic heterocycles. The molecule has 0 spiro atoms. The van der Waals surface area contributed by atoms with Gasteiger partial charge in [-0.05, 0) is 38.8 Å². The van der Waals surface area contributed by atoms with Gasteiger partial charge in [-0.15, -0.1) is 10.2 Å². The average Bonchev–Trinajstić information content (AvgIpc) is 2.95. The van der Waals surface area contributed by atoms with Crippen molar-refractivity contribution in [2.45, 2.75) is 63.7 Å². The molecule has 2 aliphatic rings. The summed E-state index contributed by atoms with van der Waals surface area (Å²) in [7, 11) is 0. The summed E-state index contributed by atoms with van der Waals surface area (Å²) in [5, 5.41) is 11.7. The fraction of sp³-hybridized carbons (Fsp3) is 0.857. The fourth-order valence-corrected chi connectivity index (χ4v) is 3.19. The molecule has 1 saturated heterocycles. The summed E-state index contributed by atoms with van der Waals surface area (Å²) in [5.41, 5.74) is 0. The van der Waals surface area contributed by atoms with Crippen molar-refractivity contribution < 1.29 is 4.74 Å². The second-order valence-corrected chi connectivity index (χ2v) is 5.71. The highest BCUT2D eigenvalue weighted by atomic mass is 16.5. The minimum atomic E-state index is 0.387. The van der Waals surface area contributed by atoms with Crippen molar-refractivity contribution in [1.82, 2.24) is 20.1 Å². The molecule has 0 amide bonds. The Morgan fingerprint density at radius 2 is 1.95 bits per heavy atom. The molecule has 19 heavy (non-hydrogen) atoms. The predicted molar refractivity (Wildman–Crippen MR) is 72.8 cm³/mol. The van der Waals surface area contributed by atoms with Gasteiger partial charge >= 0.3 is 0 Å². The number of nitrogens with one attached hydrogen (secondary N) is 1. The topological polar surface area (TPSA) is 52.0 Å². The lowest BCUT2D eigenvalue weighted by Crippen LogP contribution is -2.32. The zero-order chi connectivity index (χ0) is 12.9. The third-order valence-electron chi connectivity index (χ3n) is 4.35. The summed E-state index contributed by atoms with van der Waals surface area (Å²) < 4.78 is 8.25. The lowest BCUT2D eigenvalue weighted by molar-refractivity contribution is 0.0154. The van der Waals surface area contributed by atoms with Crippen LogP contribution >= 0.6 is 0 Å². The number of piperidine rings is 1. The summed E-state index contributed by atoms with van der Waals surface area (Å²) in [6, 6.07) is 0.593. The second-order valence-electron chi connectivity index (χ2n) is 5.71. The monoisotopic (exact) mass is 264 g/mol. The molecule has 2 fully saturated rings. The average molecular weight is 264 g/mol. The first-order valence-electron chi connectivity index (χ1n) is 7.64. The summed E-state index contributed by atoms with van der Waals surface area (Å²) in [6.45, 7) is 2.75. The van der Waals surface area contributed by atoms with Crippen LogP contribution in [0.1, 0.15) is 56.8 Å². The molecule has 1 aromatic rings. The Bertz CT molecular complexity index is 381. The van der Waals surface area contributed by atoms with E-state index in [1.807, 2.05) is 6.33 Å². The summed E-state index contributed by atoms with van der Waals surface area (Å²) in [4.78, 5) is 0. The van der Waals surface area contributed by atoms with Gasteiger partial charge in [0.2, 0.25) is 0 Å². The molecule has 106 valence electrons. The van der Waals surface area contributed by atoms with Crippen LogP contribution in [-0.4, -0.2) is 34.0 Å². The number of rotatable bonds is 4. The Hall–Kier alpha value is -0.940. The highest BCUT2D eigenvalue weighted by molar-refractivity contribution is 4.89. The molecule has 1 aliphatic heterocycles. The minimum absolute atomic E-state index is 0.387. The number of ether oxygens (including phenoxy) is 1. The maximum Gasteiger partial charge on any atom is 0.159 e. The lowest BCUT2D eigenvalue weighted by Gasteiger charge is -2.25. The smallest absolute Gasteiger partial charge is 0.159 e. The Labute approximate surface area is 114 Å². The van der Waals surface area contributed by atoms with Gasteiger partial charge in [0.1, 0.15) is 12.9 Å². The molecule has 5 heteroatoms. The van der Waals surface area contributed by atoms with Crippen LogP contribution in [0.5, 0.6) is 0 Å². The molecular weight excluding hydrogens is 240 g/mol. The molecule has 1 aliphatic carbocycles. The van der Waals surface area contributed by atoms with Gasteiger partial charge in [-0.1, -0.05) is 19.3 Å². The van der Waals surface area contributed by atoms with E-state index in [-0.39, 0.29) is 0 Å². The third-order valence-corrected chi connectivity index (χ3v) is 4.35. The van der Waals surface area contributed by atoms with E-state index in [4.69, 9.17) is 4.74 Å². The van der Waals surface area contributed by atoms with E-state index >= 15 is 0 Å². The maximum atomic E-state index is 6.00. The van der Waals surface area contributed by atoms with Crippen LogP contribution in [0.2, 0.25) is 0 Å². The SMILES string of the molecule is c1nnc(COC2CCNCC2)n1C1CCCCC1. The largest absolute Gasteiger partial charge is 0.370 e. The van der Waals surface area contributed by atoms with Crippen LogP contribution in [0, 0.1) is 0 Å². The molecule has 0 atom stereocenters. The van der Waals surface area contributed by atoms with Gasteiger partial charge in [0, 0.05) is 6.04 Å². The third kappa shape index (κ3) is 3.34. The van der Waals surface area contributed by atoms with E-state index in [1.165, 1.54) is 32.1 Å². The first-order chi connectivity index (χ1) is 9.43. The number of hydrogen-bond donors (Lipinski definition) is 1. The van der Waals surface area contributed by atoms with Gasteiger partial charge in [0.15, 0.2) is 5.82 Å². The number of hydrogen-bond acceptors (Lipinski definition) is 4. The summed E-state index contributed by atoms with van der Waals surface area (Å²) in [5.74, 6) is 1.01. The Morgan fingerprint density at radius 3 is 2.74 bits per heavy atom. The van der Waals surface area contributed by atoms with Crippen LogP contribution in [0.3, 0.4) is 0 Å². The number of aromatic nitrogens is 3. The van der Waals surface area contributed by atoms with Crippen LogP contribution in [0.25, 0.3) is 0 Å². The Kier molecular flexibility index (Phi) is 4.45. The van der Waals surface area contributed by atoms with Gasteiger partial charge in [0.05, 0.1) is 6.10 Å². The molecule has 1 saturated carbocycles. The highest BCUT2D eigenvalue weighted by Crippen LogP contribution is 2.28. The molecule has 0 aromatic carbocycles. The van der Waals surface area contributed by atoms with Crippen molar-refractivity contribution in [3.05, 3.63) is 12.2 Å². The summed E-state index contributed by atoms with van der Waals surface area (Å²) >= 11 is 0. The van der Waals surface area contributed by atoms with Crippen molar-refractivity contribution in [2.75, 3.05) is 13.1 Å². The fourth-order valence-electron chi connectivity index (χ4n) is 3.19. The zero-order valence-electron chi connectivity index (χ0n) is 11.6. The molecule has 1 N–H and O–H groups in total. The van der Waals surface area contributed by atoms with E-state index < -0.39 is 0 Å². The van der Waals surface area contributed by atoms with E-state index in [2.05, 4.69) is 20.1 Å². The van der Waals surface area contributed by atoms with Crippen LogP contribution in [0.4, 0.5) is 0 Å². The summed E-state index contributed by atoms with van der Waals surface area (Å²) in [6.07, 6.45) is 11.1. The minimum Gasteiger partial charge on any atom is -0.370 e. The van der Waals surface area contributed by atoms with Crippen LogP contribution < -0.4 is 5.32 Å². The molecule has 3 rings (SSSR count). The van der Waals surface area contributed by atoms with Crippen LogP contribution in [0.15, 0.2) is 6.33 Å². The Balaban J connectivity index is 1.56. The van der Waals surface area contributed by atoms with Crippen molar-refractivity contribution >= 4 is 0 Å². The quantitative estimate of drug-likeness (QED) is 0.904. The van der Waals surface area contributed by atoms with E-state index in [9.17, 15) is 0 Å². The molecule has 5 nitrogen and oxygen atoms in total. The molecule has 0 radical (unpaired) electrons. The van der Waals surface area contributed by atoms with Gasteiger partial charge in [-0.25, -0.2) is 0 Å². The molecule has 0 unspecified atom stereocenters. The normalized spacial score (nSPS) is 22.7. The van der Waals surface area contributed by atoms with E-state index in [0.29, 0.717) is 18.8 Å². The Morgan fingerprint density at radius 1 is 1.16 bits per heavy atom.